The summed E-state index contributed by atoms with van der Waals surface area (Å²) in [5.41, 5.74) is 0.835. The van der Waals surface area contributed by atoms with Gasteiger partial charge in [-0.15, -0.1) is 11.3 Å². The van der Waals surface area contributed by atoms with Crippen molar-refractivity contribution in [1.82, 2.24) is 10.0 Å². The monoisotopic (exact) mass is 348 g/mol. The number of hydrogen-bond acceptors (Lipinski definition) is 5. The zero-order valence-corrected chi connectivity index (χ0v) is 15.5. The van der Waals surface area contributed by atoms with Crippen LogP contribution in [0.2, 0.25) is 0 Å². The first-order valence-electron chi connectivity index (χ1n) is 7.15. The highest BCUT2D eigenvalue weighted by Gasteiger charge is 2.42. The predicted molar refractivity (Wildman–Crippen MR) is 91.7 cm³/mol. The van der Waals surface area contributed by atoms with E-state index in [0.29, 0.717) is 24.0 Å². The minimum atomic E-state index is -3.42. The van der Waals surface area contributed by atoms with Crippen molar-refractivity contribution < 1.29 is 8.42 Å². The van der Waals surface area contributed by atoms with Crippen LogP contribution < -0.4 is 10.0 Å². The average molecular weight is 349 g/mol. The molecule has 7 heteroatoms. The molecule has 1 aliphatic rings. The van der Waals surface area contributed by atoms with Crippen LogP contribution in [0.1, 0.15) is 37.1 Å². The molecule has 21 heavy (non-hydrogen) atoms. The Morgan fingerprint density at radius 2 is 2.10 bits per heavy atom. The third-order valence-corrected chi connectivity index (χ3v) is 8.04. The maximum Gasteiger partial charge on any atom is 0.242 e. The molecule has 1 fully saturated rings. The molecule has 0 atom stereocenters. The normalized spacial score (nSPS) is 17.4. The summed E-state index contributed by atoms with van der Waals surface area (Å²) in [7, 11) is -3.42. The Labute approximate surface area is 136 Å². The van der Waals surface area contributed by atoms with E-state index in [1.807, 2.05) is 12.3 Å². The second kappa shape index (κ2) is 6.58. The molecular weight excluding hydrogens is 324 g/mol. The van der Waals surface area contributed by atoms with E-state index in [1.165, 1.54) is 11.3 Å². The Kier molecular flexibility index (Phi) is 5.41. The van der Waals surface area contributed by atoms with E-state index in [-0.39, 0.29) is 4.75 Å². The quantitative estimate of drug-likeness (QED) is 0.758. The van der Waals surface area contributed by atoms with Crippen LogP contribution in [0.25, 0.3) is 0 Å². The van der Waals surface area contributed by atoms with Gasteiger partial charge < -0.3 is 5.32 Å². The van der Waals surface area contributed by atoms with E-state index in [0.717, 1.165) is 23.3 Å². The first kappa shape index (κ1) is 17.3. The molecule has 0 unspecified atom stereocenters. The number of thiophene rings is 1. The molecule has 0 saturated heterocycles. The Balaban J connectivity index is 2.13. The molecule has 0 aliphatic heterocycles. The first-order valence-corrected chi connectivity index (χ1v) is 10.7. The smallest absolute Gasteiger partial charge is 0.242 e. The number of rotatable bonds is 8. The summed E-state index contributed by atoms with van der Waals surface area (Å²) in [5, 5.41) is 5.22. The maximum absolute atomic E-state index is 12.6. The summed E-state index contributed by atoms with van der Waals surface area (Å²) in [6.45, 7) is 7.11. The molecule has 1 aromatic heterocycles. The van der Waals surface area contributed by atoms with Gasteiger partial charge in [0.1, 0.15) is 4.90 Å². The first-order chi connectivity index (χ1) is 9.80. The van der Waals surface area contributed by atoms with Crippen molar-refractivity contribution in [2.45, 2.75) is 55.8 Å². The Bertz CT molecular complexity index is 589. The third kappa shape index (κ3) is 4.22. The molecule has 0 spiro atoms. The minimum Gasteiger partial charge on any atom is -0.310 e. The van der Waals surface area contributed by atoms with Gasteiger partial charge in [-0.05, 0) is 37.0 Å². The van der Waals surface area contributed by atoms with Gasteiger partial charge in [0.05, 0.1) is 0 Å². The van der Waals surface area contributed by atoms with Crippen LogP contribution in [0.3, 0.4) is 0 Å². The van der Waals surface area contributed by atoms with E-state index in [2.05, 4.69) is 30.1 Å². The second-order valence-electron chi connectivity index (χ2n) is 5.92. The van der Waals surface area contributed by atoms with Gasteiger partial charge in [-0.1, -0.05) is 13.8 Å². The van der Waals surface area contributed by atoms with Crippen molar-refractivity contribution in [2.75, 3.05) is 12.8 Å². The van der Waals surface area contributed by atoms with Gasteiger partial charge in [0, 0.05) is 28.8 Å². The number of aryl methyl sites for hydroxylation is 1. The lowest BCUT2D eigenvalue weighted by Gasteiger charge is -2.15. The topological polar surface area (TPSA) is 58.2 Å². The number of sulfonamides is 1. The van der Waals surface area contributed by atoms with Crippen molar-refractivity contribution in [3.63, 3.8) is 0 Å². The van der Waals surface area contributed by atoms with Crippen molar-refractivity contribution in [3.05, 3.63) is 15.8 Å². The molecule has 0 aromatic carbocycles. The SMILES string of the molecule is CSC1(CNS(=O)(=O)c2c(C)csc2CNC(C)C)CC1. The third-order valence-electron chi connectivity index (χ3n) is 3.75. The zero-order chi connectivity index (χ0) is 15.7. The molecular formula is C14H24N2O2S3. The van der Waals surface area contributed by atoms with Gasteiger partial charge in [0.2, 0.25) is 10.0 Å². The van der Waals surface area contributed by atoms with Gasteiger partial charge in [-0.2, -0.15) is 11.8 Å². The summed E-state index contributed by atoms with van der Waals surface area (Å²) in [5.74, 6) is 0. The number of hydrogen-bond donors (Lipinski definition) is 2. The number of thioether (sulfide) groups is 1. The summed E-state index contributed by atoms with van der Waals surface area (Å²) in [6, 6.07) is 0.335. The largest absolute Gasteiger partial charge is 0.310 e. The summed E-state index contributed by atoms with van der Waals surface area (Å²) >= 11 is 3.27. The van der Waals surface area contributed by atoms with Crippen molar-refractivity contribution in [1.29, 1.82) is 0 Å². The van der Waals surface area contributed by atoms with Gasteiger partial charge in [-0.3, -0.25) is 0 Å². The van der Waals surface area contributed by atoms with E-state index >= 15 is 0 Å². The molecule has 2 N–H and O–H groups in total. The van der Waals surface area contributed by atoms with E-state index in [4.69, 9.17) is 0 Å². The highest BCUT2D eigenvalue weighted by atomic mass is 32.2. The molecule has 1 heterocycles. The van der Waals surface area contributed by atoms with Gasteiger partial charge >= 0.3 is 0 Å². The Hall–Kier alpha value is -0.0800. The van der Waals surface area contributed by atoms with E-state index in [1.54, 1.807) is 11.8 Å². The summed E-state index contributed by atoms with van der Waals surface area (Å²) < 4.78 is 28.2. The van der Waals surface area contributed by atoms with Gasteiger partial charge in [-0.25, -0.2) is 13.1 Å². The van der Waals surface area contributed by atoms with Crippen LogP contribution in [-0.2, 0) is 16.6 Å². The average Bonchev–Trinajstić information content (AvgIpc) is 3.11. The molecule has 1 aromatic rings. The van der Waals surface area contributed by atoms with Crippen LogP contribution in [0, 0.1) is 6.92 Å². The fourth-order valence-electron chi connectivity index (χ4n) is 2.16. The highest BCUT2D eigenvalue weighted by molar-refractivity contribution is 8.00. The molecule has 1 aliphatic carbocycles. The van der Waals surface area contributed by atoms with E-state index in [9.17, 15) is 8.42 Å². The lowest BCUT2D eigenvalue weighted by atomic mass is 10.3. The molecule has 4 nitrogen and oxygen atoms in total. The summed E-state index contributed by atoms with van der Waals surface area (Å²) in [4.78, 5) is 1.36. The van der Waals surface area contributed by atoms with Crippen molar-refractivity contribution >= 4 is 33.1 Å². The van der Waals surface area contributed by atoms with E-state index < -0.39 is 10.0 Å². The molecule has 0 radical (unpaired) electrons. The van der Waals surface area contributed by atoms with Crippen LogP contribution >= 0.6 is 23.1 Å². The van der Waals surface area contributed by atoms with Crippen LogP contribution in [0.15, 0.2) is 10.3 Å². The van der Waals surface area contributed by atoms with Crippen LogP contribution in [0.4, 0.5) is 0 Å². The second-order valence-corrected chi connectivity index (χ2v) is 9.86. The molecule has 1 saturated carbocycles. The standard InChI is InChI=1S/C14H24N2O2S3/c1-10(2)15-7-12-13(11(3)8-20-12)21(17,18)16-9-14(19-4)5-6-14/h8,10,15-16H,5-7,9H2,1-4H3. The fourth-order valence-corrected chi connectivity index (χ4v) is 5.86. The zero-order valence-electron chi connectivity index (χ0n) is 13.0. The molecule has 2 rings (SSSR count). The Morgan fingerprint density at radius 1 is 1.43 bits per heavy atom. The Morgan fingerprint density at radius 3 is 2.62 bits per heavy atom. The van der Waals surface area contributed by atoms with Gasteiger partial charge in [0.25, 0.3) is 0 Å². The van der Waals surface area contributed by atoms with Crippen molar-refractivity contribution in [3.8, 4) is 0 Å². The predicted octanol–water partition coefficient (Wildman–Crippen LogP) is 2.73. The minimum absolute atomic E-state index is 0.132. The molecule has 0 bridgehead atoms. The lowest BCUT2D eigenvalue weighted by molar-refractivity contribution is 0.569. The van der Waals surface area contributed by atoms with Crippen LogP contribution in [-0.4, -0.2) is 32.0 Å². The maximum atomic E-state index is 12.6. The fraction of sp³-hybridized carbons (Fsp3) is 0.714. The lowest BCUT2D eigenvalue weighted by Crippen LogP contribution is -2.33. The van der Waals surface area contributed by atoms with Gasteiger partial charge in [0.15, 0.2) is 0 Å². The van der Waals surface area contributed by atoms with Crippen molar-refractivity contribution in [2.24, 2.45) is 0 Å². The van der Waals surface area contributed by atoms with Crippen LogP contribution in [0.5, 0.6) is 0 Å². The summed E-state index contributed by atoms with van der Waals surface area (Å²) in [6.07, 6.45) is 4.25. The number of nitrogens with one attached hydrogen (secondary N) is 2. The highest BCUT2D eigenvalue weighted by Crippen LogP contribution is 2.46. The molecule has 0 amide bonds. The molecule has 120 valence electrons.